The predicted molar refractivity (Wildman–Crippen MR) is 154 cm³/mol. The molecular formula is C35H44O3. The Labute approximate surface area is 229 Å². The molecule has 38 heavy (non-hydrogen) atoms. The van der Waals surface area contributed by atoms with Crippen LogP contribution in [0.15, 0.2) is 28.4 Å². The Morgan fingerprint density at radius 3 is 2.32 bits per heavy atom. The quantitative estimate of drug-likeness (QED) is 0.233. The highest BCUT2D eigenvalue weighted by atomic mass is 16.2. The smallest absolute Gasteiger partial charge is 0.190 e. The van der Waals surface area contributed by atoms with E-state index in [0.29, 0.717) is 12.0 Å². The van der Waals surface area contributed by atoms with Gasteiger partial charge in [0.15, 0.2) is 17.3 Å². The van der Waals surface area contributed by atoms with Crippen LogP contribution in [0.2, 0.25) is 0 Å². The van der Waals surface area contributed by atoms with Crippen molar-refractivity contribution in [2.24, 2.45) is 16.2 Å². The number of Topliss-reactive ketones (excluding diaryl/α,β-unsaturated/α-hetero) is 3. The molecule has 3 aliphatic carbocycles. The maximum atomic E-state index is 14.6. The number of hydrogen-bond acceptors (Lipinski definition) is 3. The molecule has 3 atom stereocenters. The van der Waals surface area contributed by atoms with Gasteiger partial charge in [-0.2, -0.15) is 0 Å². The summed E-state index contributed by atoms with van der Waals surface area (Å²) < 4.78 is 0. The number of hydrogen-bond donors (Lipinski definition) is 0. The fourth-order valence-corrected chi connectivity index (χ4v) is 8.08. The number of fused-ring (bicyclic) bond motifs is 3. The topological polar surface area (TPSA) is 51.2 Å². The summed E-state index contributed by atoms with van der Waals surface area (Å²) in [5, 5.41) is 0. The van der Waals surface area contributed by atoms with Crippen LogP contribution in [0.3, 0.4) is 0 Å². The van der Waals surface area contributed by atoms with Crippen LogP contribution < -0.4 is 0 Å². The van der Waals surface area contributed by atoms with Crippen LogP contribution in [0.1, 0.15) is 133 Å². The molecule has 0 N–H and O–H groups in total. The lowest BCUT2D eigenvalue weighted by atomic mass is 9.42. The van der Waals surface area contributed by atoms with Crippen LogP contribution in [-0.4, -0.2) is 17.3 Å². The molecule has 0 amide bonds. The summed E-state index contributed by atoms with van der Waals surface area (Å²) in [6.45, 7) is 20.4. The number of unbranched alkanes of at least 4 members (excludes halogenated alkanes) is 2. The van der Waals surface area contributed by atoms with Gasteiger partial charge in [0.2, 0.25) is 0 Å². The highest BCUT2D eigenvalue weighted by molar-refractivity contribution is 6.24. The highest BCUT2D eigenvalue weighted by Gasteiger charge is 2.63. The van der Waals surface area contributed by atoms with Crippen LogP contribution in [0, 0.1) is 35.0 Å². The van der Waals surface area contributed by atoms with Crippen molar-refractivity contribution in [1.82, 2.24) is 0 Å². The lowest BCUT2D eigenvalue weighted by Crippen LogP contribution is -2.57. The van der Waals surface area contributed by atoms with Gasteiger partial charge in [0.1, 0.15) is 0 Å². The molecule has 3 nitrogen and oxygen atoms in total. The van der Waals surface area contributed by atoms with Crippen LogP contribution in [0.5, 0.6) is 0 Å². The number of carbonyl (C=O) groups is 3. The van der Waals surface area contributed by atoms with Crippen molar-refractivity contribution in [1.29, 1.82) is 0 Å². The Hall–Kier alpha value is -2.73. The zero-order valence-corrected chi connectivity index (χ0v) is 25.1. The summed E-state index contributed by atoms with van der Waals surface area (Å²) in [6, 6.07) is 2.22. The molecule has 0 aromatic heterocycles. The summed E-state index contributed by atoms with van der Waals surface area (Å²) in [7, 11) is 0. The Balaban J connectivity index is 1.99. The standard InChI is InChI=1S/C35H44O3/c1-11-12-13-14-15-25-16-26(20(2)3)27-18-33(8)19-34(9)17-21(4)28(24(7)36)32(38)35(34,10)23(6)30(33)31(37)29(27)22(25)5/h16,20H,11-13,17-19H2,1-10H3. The fraction of sp³-hybridized carbons (Fsp3) is 0.571. The first-order chi connectivity index (χ1) is 17.6. The Kier molecular flexibility index (Phi) is 7.05. The third-order valence-electron chi connectivity index (χ3n) is 10.1. The molecule has 1 aromatic rings. The second-order valence-corrected chi connectivity index (χ2v) is 13.2. The number of allylic oxidation sites excluding steroid dienone is 4. The van der Waals surface area contributed by atoms with Crippen LogP contribution in [0.4, 0.5) is 0 Å². The zero-order valence-electron chi connectivity index (χ0n) is 25.1. The minimum absolute atomic E-state index is 0.0505. The third-order valence-corrected chi connectivity index (χ3v) is 10.1. The van der Waals surface area contributed by atoms with Gasteiger partial charge in [-0.3, -0.25) is 14.4 Å². The van der Waals surface area contributed by atoms with Crippen molar-refractivity contribution in [3.8, 4) is 11.8 Å². The molecule has 1 aromatic carbocycles. The second kappa shape index (κ2) is 9.48. The molecule has 0 heterocycles. The number of benzene rings is 1. The van der Waals surface area contributed by atoms with Crippen molar-refractivity contribution in [3.63, 3.8) is 0 Å². The molecule has 3 heteroatoms. The Morgan fingerprint density at radius 2 is 1.74 bits per heavy atom. The van der Waals surface area contributed by atoms with Gasteiger partial charge in [-0.15, -0.1) is 0 Å². The summed E-state index contributed by atoms with van der Waals surface area (Å²) in [5.41, 5.74) is 6.28. The number of ketones is 3. The van der Waals surface area contributed by atoms with Crippen molar-refractivity contribution in [3.05, 3.63) is 56.2 Å². The number of rotatable bonds is 4. The average Bonchev–Trinajstić information content (AvgIpc) is 2.79. The van der Waals surface area contributed by atoms with Gasteiger partial charge in [0, 0.05) is 28.5 Å². The van der Waals surface area contributed by atoms with E-state index in [4.69, 9.17) is 0 Å². The van der Waals surface area contributed by atoms with E-state index in [-0.39, 0.29) is 34.1 Å². The Bertz CT molecular complexity index is 1390. The Morgan fingerprint density at radius 1 is 1.08 bits per heavy atom. The molecule has 3 unspecified atom stereocenters. The zero-order chi connectivity index (χ0) is 28.4. The second-order valence-electron chi connectivity index (χ2n) is 13.2. The normalized spacial score (nSPS) is 28.6. The van der Waals surface area contributed by atoms with Gasteiger partial charge in [0.25, 0.3) is 0 Å². The molecule has 0 saturated heterocycles. The first-order valence-electron chi connectivity index (χ1n) is 14.3. The van der Waals surface area contributed by atoms with E-state index in [2.05, 4.69) is 52.5 Å². The molecule has 0 spiro atoms. The van der Waals surface area contributed by atoms with Crippen LogP contribution in [-0.2, 0) is 16.0 Å². The largest absolute Gasteiger partial charge is 0.294 e. The summed E-state index contributed by atoms with van der Waals surface area (Å²) >= 11 is 0. The molecule has 202 valence electrons. The molecule has 0 bridgehead atoms. The van der Waals surface area contributed by atoms with E-state index in [0.717, 1.165) is 71.1 Å². The van der Waals surface area contributed by atoms with Crippen LogP contribution >= 0.6 is 0 Å². The minimum atomic E-state index is -0.887. The van der Waals surface area contributed by atoms with Crippen LogP contribution in [0.25, 0.3) is 0 Å². The fourth-order valence-electron chi connectivity index (χ4n) is 8.08. The third kappa shape index (κ3) is 3.90. The predicted octanol–water partition coefficient (Wildman–Crippen LogP) is 8.02. The molecule has 0 aliphatic heterocycles. The monoisotopic (exact) mass is 512 g/mol. The SMILES string of the molecule is CCCCC#Cc1cc(C(C)C)c2c(c1C)C(=O)C1=C(C)C3(C)C(=O)C(C(C)=O)=C(C)CC3(C)CC1(C)C2. The summed E-state index contributed by atoms with van der Waals surface area (Å²) in [6.07, 6.45) is 5.23. The van der Waals surface area contributed by atoms with Crippen molar-refractivity contribution in [2.45, 2.75) is 114 Å². The molecule has 3 aliphatic rings. The first kappa shape index (κ1) is 28.3. The molecule has 4 rings (SSSR count). The van der Waals surface area contributed by atoms with Gasteiger partial charge in [-0.05, 0) is 94.4 Å². The van der Waals surface area contributed by atoms with Crippen molar-refractivity contribution >= 4 is 17.3 Å². The van der Waals surface area contributed by atoms with E-state index in [1.807, 2.05) is 27.7 Å². The van der Waals surface area contributed by atoms with E-state index >= 15 is 0 Å². The van der Waals surface area contributed by atoms with Crippen molar-refractivity contribution in [2.75, 3.05) is 0 Å². The van der Waals surface area contributed by atoms with Gasteiger partial charge in [0.05, 0.1) is 11.0 Å². The highest BCUT2D eigenvalue weighted by Crippen LogP contribution is 2.66. The summed E-state index contributed by atoms with van der Waals surface area (Å²) in [4.78, 5) is 41.2. The first-order valence-corrected chi connectivity index (χ1v) is 14.3. The van der Waals surface area contributed by atoms with E-state index in [1.165, 1.54) is 12.5 Å². The van der Waals surface area contributed by atoms with Crippen molar-refractivity contribution < 1.29 is 14.4 Å². The maximum Gasteiger partial charge on any atom is 0.190 e. The maximum absolute atomic E-state index is 14.6. The molecule has 0 saturated carbocycles. The molecule has 0 radical (unpaired) electrons. The number of carbonyl (C=O) groups excluding carboxylic acids is 3. The molecular weight excluding hydrogens is 468 g/mol. The van der Waals surface area contributed by atoms with E-state index < -0.39 is 5.41 Å². The summed E-state index contributed by atoms with van der Waals surface area (Å²) in [5.74, 6) is 6.73. The van der Waals surface area contributed by atoms with Gasteiger partial charge < -0.3 is 0 Å². The minimum Gasteiger partial charge on any atom is -0.294 e. The lowest BCUT2D eigenvalue weighted by molar-refractivity contribution is -0.134. The van der Waals surface area contributed by atoms with Gasteiger partial charge in [-0.25, -0.2) is 0 Å². The van der Waals surface area contributed by atoms with E-state index in [9.17, 15) is 14.4 Å². The van der Waals surface area contributed by atoms with Gasteiger partial charge >= 0.3 is 0 Å². The lowest BCUT2D eigenvalue weighted by Gasteiger charge is -2.59. The van der Waals surface area contributed by atoms with E-state index in [1.54, 1.807) is 0 Å². The molecule has 0 fully saturated rings. The average molecular weight is 513 g/mol. The van der Waals surface area contributed by atoms with Gasteiger partial charge in [-0.1, -0.05) is 64.0 Å².